The Morgan fingerprint density at radius 2 is 1.95 bits per heavy atom. The standard InChI is InChI=1S/C17H20FNO2/c1-2-16(14-5-3-4-6-17(14)21)19-10-12-7-8-15(18)13(9-12)11-20/h3-9,16,19-21H,2,10-11H2,1H3. The molecule has 0 aliphatic carbocycles. The van der Waals surface area contributed by atoms with E-state index >= 15 is 0 Å². The molecule has 112 valence electrons. The zero-order valence-corrected chi connectivity index (χ0v) is 12.0. The molecule has 0 saturated carbocycles. The minimum absolute atomic E-state index is 0.0221. The molecule has 3 N–H and O–H groups in total. The Labute approximate surface area is 124 Å². The Kier molecular flexibility index (Phi) is 5.31. The van der Waals surface area contributed by atoms with Gasteiger partial charge in [-0.25, -0.2) is 4.39 Å². The lowest BCUT2D eigenvalue weighted by Crippen LogP contribution is -2.20. The first-order valence-electron chi connectivity index (χ1n) is 7.05. The summed E-state index contributed by atoms with van der Waals surface area (Å²) in [7, 11) is 0. The van der Waals surface area contributed by atoms with Crippen molar-refractivity contribution >= 4 is 0 Å². The third-order valence-electron chi connectivity index (χ3n) is 3.55. The largest absolute Gasteiger partial charge is 0.508 e. The average molecular weight is 289 g/mol. The highest BCUT2D eigenvalue weighted by atomic mass is 19.1. The van der Waals surface area contributed by atoms with Crippen LogP contribution in [0, 0.1) is 5.82 Å². The number of phenolic OH excluding ortho intramolecular Hbond substituents is 1. The van der Waals surface area contributed by atoms with Gasteiger partial charge in [-0.05, 0) is 30.2 Å². The number of hydrogen-bond acceptors (Lipinski definition) is 3. The molecule has 0 bridgehead atoms. The van der Waals surface area contributed by atoms with Crippen molar-refractivity contribution in [1.29, 1.82) is 0 Å². The summed E-state index contributed by atoms with van der Waals surface area (Å²) in [5, 5.41) is 22.3. The predicted molar refractivity (Wildman–Crippen MR) is 80.3 cm³/mol. The van der Waals surface area contributed by atoms with E-state index in [-0.39, 0.29) is 18.4 Å². The summed E-state index contributed by atoms with van der Waals surface area (Å²) in [6.45, 7) is 2.27. The molecule has 0 amide bonds. The lowest BCUT2D eigenvalue weighted by atomic mass is 10.0. The monoisotopic (exact) mass is 289 g/mol. The molecule has 0 fully saturated rings. The first-order valence-corrected chi connectivity index (χ1v) is 7.05. The molecule has 2 aromatic rings. The maximum Gasteiger partial charge on any atom is 0.128 e. The smallest absolute Gasteiger partial charge is 0.128 e. The third kappa shape index (κ3) is 3.80. The zero-order valence-electron chi connectivity index (χ0n) is 12.0. The van der Waals surface area contributed by atoms with Gasteiger partial charge >= 0.3 is 0 Å². The first kappa shape index (κ1) is 15.5. The summed E-state index contributed by atoms with van der Waals surface area (Å²) in [4.78, 5) is 0. The van der Waals surface area contributed by atoms with E-state index in [9.17, 15) is 9.50 Å². The number of halogens is 1. The number of benzene rings is 2. The van der Waals surface area contributed by atoms with Crippen molar-refractivity contribution in [3.63, 3.8) is 0 Å². The second kappa shape index (κ2) is 7.20. The molecule has 21 heavy (non-hydrogen) atoms. The maximum atomic E-state index is 13.3. The molecule has 0 spiro atoms. The summed E-state index contributed by atoms with van der Waals surface area (Å²) in [6, 6.07) is 12.0. The van der Waals surface area contributed by atoms with E-state index < -0.39 is 5.82 Å². The molecule has 0 heterocycles. The number of hydrogen-bond donors (Lipinski definition) is 3. The summed E-state index contributed by atoms with van der Waals surface area (Å²) in [6.07, 6.45) is 0.825. The van der Waals surface area contributed by atoms with Crippen LogP contribution in [0.3, 0.4) is 0 Å². The third-order valence-corrected chi connectivity index (χ3v) is 3.55. The lowest BCUT2D eigenvalue weighted by molar-refractivity contribution is 0.275. The van der Waals surface area contributed by atoms with Gasteiger partial charge in [0.05, 0.1) is 6.61 Å². The summed E-state index contributed by atoms with van der Waals surface area (Å²) in [5.41, 5.74) is 2.05. The molecule has 1 unspecified atom stereocenters. The topological polar surface area (TPSA) is 52.5 Å². The van der Waals surface area contributed by atoms with E-state index in [2.05, 4.69) is 5.32 Å². The van der Waals surface area contributed by atoms with Gasteiger partial charge in [0.1, 0.15) is 11.6 Å². The van der Waals surface area contributed by atoms with Gasteiger partial charge in [-0.3, -0.25) is 0 Å². The molecular weight excluding hydrogens is 269 g/mol. The van der Waals surface area contributed by atoms with Crippen LogP contribution in [0.5, 0.6) is 5.75 Å². The van der Waals surface area contributed by atoms with Gasteiger partial charge in [0.15, 0.2) is 0 Å². The fourth-order valence-electron chi connectivity index (χ4n) is 2.36. The van der Waals surface area contributed by atoms with Crippen LogP contribution < -0.4 is 5.32 Å². The van der Waals surface area contributed by atoms with Gasteiger partial charge in [0.2, 0.25) is 0 Å². The van der Waals surface area contributed by atoms with E-state index in [1.165, 1.54) is 6.07 Å². The number of nitrogens with one attached hydrogen (secondary N) is 1. The summed E-state index contributed by atoms with van der Waals surface area (Å²) < 4.78 is 13.3. The van der Waals surface area contributed by atoms with Crippen LogP contribution in [0.4, 0.5) is 4.39 Å². The van der Waals surface area contributed by atoms with Crippen molar-refractivity contribution in [2.75, 3.05) is 0 Å². The average Bonchev–Trinajstić information content (AvgIpc) is 2.51. The molecule has 4 heteroatoms. The minimum atomic E-state index is -0.394. The highest BCUT2D eigenvalue weighted by Crippen LogP contribution is 2.26. The molecule has 3 nitrogen and oxygen atoms in total. The highest BCUT2D eigenvalue weighted by molar-refractivity contribution is 5.34. The van der Waals surface area contributed by atoms with E-state index in [4.69, 9.17) is 5.11 Å². The van der Waals surface area contributed by atoms with Gasteiger partial charge < -0.3 is 15.5 Å². The van der Waals surface area contributed by atoms with Crippen LogP contribution >= 0.6 is 0 Å². The van der Waals surface area contributed by atoms with Crippen molar-refractivity contribution in [2.24, 2.45) is 0 Å². The maximum absolute atomic E-state index is 13.3. The van der Waals surface area contributed by atoms with Crippen molar-refractivity contribution in [3.8, 4) is 5.75 Å². The normalized spacial score (nSPS) is 12.3. The number of aromatic hydroxyl groups is 1. The SMILES string of the molecule is CCC(NCc1ccc(F)c(CO)c1)c1ccccc1O. The molecule has 2 aromatic carbocycles. The van der Waals surface area contributed by atoms with E-state index in [0.717, 1.165) is 17.5 Å². The molecular formula is C17H20FNO2. The summed E-state index contributed by atoms with van der Waals surface area (Å²) >= 11 is 0. The Hall–Kier alpha value is -1.91. The Balaban J connectivity index is 2.09. The van der Waals surface area contributed by atoms with Crippen molar-refractivity contribution < 1.29 is 14.6 Å². The van der Waals surface area contributed by atoms with Gasteiger partial charge in [-0.1, -0.05) is 31.2 Å². The second-order valence-electron chi connectivity index (χ2n) is 4.98. The van der Waals surface area contributed by atoms with Gasteiger partial charge in [-0.2, -0.15) is 0 Å². The van der Waals surface area contributed by atoms with E-state index in [1.54, 1.807) is 24.3 Å². The van der Waals surface area contributed by atoms with E-state index in [0.29, 0.717) is 12.1 Å². The van der Waals surface area contributed by atoms with Gasteiger partial charge in [-0.15, -0.1) is 0 Å². The molecule has 1 atom stereocenters. The number of para-hydroxylation sites is 1. The molecule has 0 aliphatic heterocycles. The molecule has 0 aliphatic rings. The van der Waals surface area contributed by atoms with Crippen LogP contribution in [-0.2, 0) is 13.2 Å². The van der Waals surface area contributed by atoms with Crippen LogP contribution in [0.1, 0.15) is 36.1 Å². The number of aliphatic hydroxyl groups excluding tert-OH is 1. The van der Waals surface area contributed by atoms with Gasteiger partial charge in [0.25, 0.3) is 0 Å². The number of aliphatic hydroxyl groups is 1. The Morgan fingerprint density at radius 1 is 1.19 bits per heavy atom. The molecule has 0 saturated heterocycles. The second-order valence-corrected chi connectivity index (χ2v) is 4.98. The Bertz CT molecular complexity index is 601. The van der Waals surface area contributed by atoms with E-state index in [1.807, 2.05) is 19.1 Å². The van der Waals surface area contributed by atoms with Crippen molar-refractivity contribution in [2.45, 2.75) is 32.5 Å². The quantitative estimate of drug-likeness (QED) is 0.765. The predicted octanol–water partition coefficient (Wildman–Crippen LogP) is 3.26. The number of phenols is 1. The van der Waals surface area contributed by atoms with Crippen LogP contribution in [-0.4, -0.2) is 10.2 Å². The Morgan fingerprint density at radius 3 is 2.62 bits per heavy atom. The zero-order chi connectivity index (χ0) is 15.2. The van der Waals surface area contributed by atoms with Crippen molar-refractivity contribution in [3.05, 3.63) is 65.0 Å². The summed E-state index contributed by atoms with van der Waals surface area (Å²) in [5.74, 6) is -0.124. The first-order chi connectivity index (χ1) is 10.2. The molecule has 2 rings (SSSR count). The fraction of sp³-hybridized carbons (Fsp3) is 0.294. The van der Waals surface area contributed by atoms with Gasteiger partial charge in [0, 0.05) is 23.7 Å². The molecule has 0 aromatic heterocycles. The highest BCUT2D eigenvalue weighted by Gasteiger charge is 2.12. The van der Waals surface area contributed by atoms with Crippen LogP contribution in [0.25, 0.3) is 0 Å². The fourth-order valence-corrected chi connectivity index (χ4v) is 2.36. The number of rotatable bonds is 6. The lowest BCUT2D eigenvalue weighted by Gasteiger charge is -2.19. The van der Waals surface area contributed by atoms with Crippen LogP contribution in [0.2, 0.25) is 0 Å². The molecule has 0 radical (unpaired) electrons. The van der Waals surface area contributed by atoms with Crippen LogP contribution in [0.15, 0.2) is 42.5 Å². The van der Waals surface area contributed by atoms with Crippen molar-refractivity contribution in [1.82, 2.24) is 5.32 Å². The minimum Gasteiger partial charge on any atom is -0.508 e.